The summed E-state index contributed by atoms with van der Waals surface area (Å²) in [4.78, 5) is 5.49. The van der Waals surface area contributed by atoms with Crippen molar-refractivity contribution < 1.29 is 5.11 Å². The van der Waals surface area contributed by atoms with Crippen molar-refractivity contribution >= 4 is 10.9 Å². The lowest BCUT2D eigenvalue weighted by Crippen LogP contribution is -2.36. The highest BCUT2D eigenvalue weighted by Crippen LogP contribution is 2.21. The van der Waals surface area contributed by atoms with Gasteiger partial charge in [0.15, 0.2) is 0 Å². The first-order valence-corrected chi connectivity index (χ1v) is 7.13. The molecule has 4 nitrogen and oxygen atoms in total. The third kappa shape index (κ3) is 2.69. The van der Waals surface area contributed by atoms with Crippen LogP contribution in [0.2, 0.25) is 0 Å². The number of hydrogen-bond donors (Lipinski definition) is 2. The van der Waals surface area contributed by atoms with Gasteiger partial charge >= 0.3 is 0 Å². The number of fused-ring (bicyclic) bond motifs is 1. The van der Waals surface area contributed by atoms with Gasteiger partial charge in [-0.2, -0.15) is 5.26 Å². The fourth-order valence-electron chi connectivity index (χ4n) is 3.04. The van der Waals surface area contributed by atoms with Crippen LogP contribution in [0.15, 0.2) is 24.3 Å². The van der Waals surface area contributed by atoms with Gasteiger partial charge in [-0.1, -0.05) is 6.07 Å². The molecule has 1 atom stereocenters. The molecule has 1 aliphatic heterocycles. The first-order valence-electron chi connectivity index (χ1n) is 7.13. The molecule has 0 amide bonds. The number of H-pyrrole nitrogens is 1. The molecular formula is C16H19N3O. The van der Waals surface area contributed by atoms with Gasteiger partial charge in [0, 0.05) is 30.6 Å². The summed E-state index contributed by atoms with van der Waals surface area (Å²) in [5.74, 6) is 0.421. The van der Waals surface area contributed by atoms with Gasteiger partial charge in [0.1, 0.15) is 11.8 Å². The number of rotatable bonds is 3. The molecule has 0 aliphatic carbocycles. The zero-order valence-electron chi connectivity index (χ0n) is 11.5. The highest BCUT2D eigenvalue weighted by Gasteiger charge is 2.19. The standard InChI is InChI=1S/C16H19N3O/c17-8-15-7-14-6-12(3-4-16(14)18-15)9-19-5-1-2-13(10-19)11-20/h3-4,6-7,13,18,20H,1-2,5,9-11H2/t13-/m1/s1. The quantitative estimate of drug-likeness (QED) is 0.898. The maximum Gasteiger partial charge on any atom is 0.118 e. The van der Waals surface area contributed by atoms with Crippen LogP contribution < -0.4 is 0 Å². The molecule has 20 heavy (non-hydrogen) atoms. The average Bonchev–Trinajstić information content (AvgIpc) is 2.90. The molecule has 3 rings (SSSR count). The van der Waals surface area contributed by atoms with E-state index in [1.54, 1.807) is 0 Å². The molecule has 0 bridgehead atoms. The molecule has 2 N–H and O–H groups in total. The van der Waals surface area contributed by atoms with Crippen molar-refractivity contribution in [1.82, 2.24) is 9.88 Å². The molecule has 104 valence electrons. The number of piperidine rings is 1. The summed E-state index contributed by atoms with van der Waals surface area (Å²) in [6.07, 6.45) is 2.30. The van der Waals surface area contributed by atoms with Crippen LogP contribution in [-0.4, -0.2) is 34.7 Å². The van der Waals surface area contributed by atoms with Gasteiger partial charge in [-0.3, -0.25) is 4.90 Å². The molecule has 1 aromatic carbocycles. The molecule has 0 spiro atoms. The number of aromatic nitrogens is 1. The van der Waals surface area contributed by atoms with Crippen molar-refractivity contribution in [1.29, 1.82) is 5.26 Å². The molecule has 0 radical (unpaired) electrons. The van der Waals surface area contributed by atoms with Crippen molar-refractivity contribution in [3.05, 3.63) is 35.5 Å². The Hall–Kier alpha value is -1.83. The van der Waals surface area contributed by atoms with Crippen LogP contribution in [0, 0.1) is 17.2 Å². The second-order valence-electron chi connectivity index (χ2n) is 5.64. The van der Waals surface area contributed by atoms with E-state index in [-0.39, 0.29) is 0 Å². The summed E-state index contributed by atoms with van der Waals surface area (Å²) in [6.45, 7) is 3.29. The van der Waals surface area contributed by atoms with Gasteiger partial charge in [-0.05, 0) is 49.1 Å². The zero-order chi connectivity index (χ0) is 13.9. The van der Waals surface area contributed by atoms with E-state index < -0.39 is 0 Å². The van der Waals surface area contributed by atoms with Crippen LogP contribution in [0.25, 0.3) is 10.9 Å². The van der Waals surface area contributed by atoms with Crippen molar-refractivity contribution in [2.75, 3.05) is 19.7 Å². The minimum Gasteiger partial charge on any atom is -0.396 e. The summed E-state index contributed by atoms with van der Waals surface area (Å²) >= 11 is 0. The molecule has 1 aromatic heterocycles. The van der Waals surface area contributed by atoms with Crippen LogP contribution in [0.4, 0.5) is 0 Å². The normalized spacial score (nSPS) is 20.1. The monoisotopic (exact) mass is 269 g/mol. The number of benzene rings is 1. The highest BCUT2D eigenvalue weighted by molar-refractivity contribution is 5.81. The Bertz CT molecular complexity index is 641. The minimum absolute atomic E-state index is 0.291. The number of likely N-dealkylation sites (tertiary alicyclic amines) is 1. The van der Waals surface area contributed by atoms with Gasteiger partial charge in [-0.25, -0.2) is 0 Å². The van der Waals surface area contributed by atoms with Gasteiger partial charge in [-0.15, -0.1) is 0 Å². The molecule has 4 heteroatoms. The molecule has 0 saturated carbocycles. The van der Waals surface area contributed by atoms with Crippen LogP contribution >= 0.6 is 0 Å². The van der Waals surface area contributed by atoms with E-state index in [9.17, 15) is 5.11 Å². The largest absolute Gasteiger partial charge is 0.396 e. The summed E-state index contributed by atoms with van der Waals surface area (Å²) in [5, 5.41) is 19.3. The van der Waals surface area contributed by atoms with E-state index in [1.165, 1.54) is 5.56 Å². The number of aliphatic hydroxyl groups is 1. The predicted octanol–water partition coefficient (Wildman–Crippen LogP) is 2.24. The summed E-state index contributed by atoms with van der Waals surface area (Å²) in [7, 11) is 0. The smallest absolute Gasteiger partial charge is 0.118 e. The summed E-state index contributed by atoms with van der Waals surface area (Å²) in [6, 6.07) is 10.3. The highest BCUT2D eigenvalue weighted by atomic mass is 16.3. The van der Waals surface area contributed by atoms with Crippen molar-refractivity contribution in [2.24, 2.45) is 5.92 Å². The van der Waals surface area contributed by atoms with E-state index in [4.69, 9.17) is 5.26 Å². The van der Waals surface area contributed by atoms with Gasteiger partial charge < -0.3 is 10.1 Å². The Morgan fingerprint density at radius 2 is 2.30 bits per heavy atom. The van der Waals surface area contributed by atoms with Crippen LogP contribution in [-0.2, 0) is 6.54 Å². The Balaban J connectivity index is 1.75. The first-order chi connectivity index (χ1) is 9.78. The van der Waals surface area contributed by atoms with E-state index in [0.29, 0.717) is 18.2 Å². The SMILES string of the molecule is N#Cc1cc2cc(CN3CCC[C@@H](CO)C3)ccc2[nH]1. The first kappa shape index (κ1) is 13.2. The lowest BCUT2D eigenvalue weighted by atomic mass is 9.98. The molecule has 2 aromatic rings. The van der Waals surface area contributed by atoms with Crippen LogP contribution in [0.3, 0.4) is 0 Å². The Kier molecular flexibility index (Phi) is 3.72. The van der Waals surface area contributed by atoms with Crippen molar-refractivity contribution in [2.45, 2.75) is 19.4 Å². The van der Waals surface area contributed by atoms with Gasteiger partial charge in [0.05, 0.1) is 0 Å². The van der Waals surface area contributed by atoms with E-state index in [2.05, 4.69) is 28.1 Å². The average molecular weight is 269 g/mol. The Labute approximate surface area is 118 Å². The molecule has 1 fully saturated rings. The number of nitrogens with one attached hydrogen (secondary N) is 1. The molecule has 1 saturated heterocycles. The third-order valence-electron chi connectivity index (χ3n) is 4.07. The lowest BCUT2D eigenvalue weighted by Gasteiger charge is -2.31. The second kappa shape index (κ2) is 5.66. The fourth-order valence-corrected chi connectivity index (χ4v) is 3.04. The molecule has 0 unspecified atom stereocenters. The summed E-state index contributed by atoms with van der Waals surface area (Å²) < 4.78 is 0. The van der Waals surface area contributed by atoms with E-state index in [0.717, 1.165) is 43.4 Å². The second-order valence-corrected chi connectivity index (χ2v) is 5.64. The van der Waals surface area contributed by atoms with Gasteiger partial charge in [0.25, 0.3) is 0 Å². The maximum atomic E-state index is 9.28. The van der Waals surface area contributed by atoms with Crippen molar-refractivity contribution in [3.63, 3.8) is 0 Å². The summed E-state index contributed by atoms with van der Waals surface area (Å²) in [5.41, 5.74) is 2.88. The van der Waals surface area contributed by atoms with Crippen molar-refractivity contribution in [3.8, 4) is 6.07 Å². The number of aliphatic hydroxyl groups excluding tert-OH is 1. The Morgan fingerprint density at radius 3 is 3.10 bits per heavy atom. The lowest BCUT2D eigenvalue weighted by molar-refractivity contribution is 0.116. The van der Waals surface area contributed by atoms with E-state index in [1.807, 2.05) is 12.1 Å². The van der Waals surface area contributed by atoms with Crippen LogP contribution in [0.1, 0.15) is 24.1 Å². The third-order valence-corrected chi connectivity index (χ3v) is 4.07. The zero-order valence-corrected chi connectivity index (χ0v) is 11.5. The maximum absolute atomic E-state index is 9.28. The predicted molar refractivity (Wildman–Crippen MR) is 78.1 cm³/mol. The minimum atomic E-state index is 0.291. The van der Waals surface area contributed by atoms with E-state index >= 15 is 0 Å². The molecule has 2 heterocycles. The fraction of sp³-hybridized carbons (Fsp3) is 0.438. The molecular weight excluding hydrogens is 250 g/mol. The Morgan fingerprint density at radius 1 is 1.40 bits per heavy atom. The van der Waals surface area contributed by atoms with Crippen LogP contribution in [0.5, 0.6) is 0 Å². The number of nitrogens with zero attached hydrogens (tertiary/aromatic N) is 2. The number of nitriles is 1. The topological polar surface area (TPSA) is 63.1 Å². The molecule has 1 aliphatic rings. The number of hydrogen-bond acceptors (Lipinski definition) is 3. The number of aromatic amines is 1. The van der Waals surface area contributed by atoms with Gasteiger partial charge in [0.2, 0.25) is 0 Å².